The molecule has 0 bridgehead atoms. The molecule has 1 unspecified atom stereocenters. The minimum Gasteiger partial charge on any atom is -0.352 e. The number of aromatic nitrogens is 3. The van der Waals surface area contributed by atoms with E-state index in [9.17, 15) is 4.79 Å². The number of fused-ring (bicyclic) bond motifs is 2. The van der Waals surface area contributed by atoms with Gasteiger partial charge in [-0.1, -0.05) is 18.2 Å². The van der Waals surface area contributed by atoms with Gasteiger partial charge in [0.1, 0.15) is 11.4 Å². The molecule has 1 atom stereocenters. The van der Waals surface area contributed by atoms with Crippen molar-refractivity contribution in [1.82, 2.24) is 24.8 Å². The zero-order valence-electron chi connectivity index (χ0n) is 18.4. The highest BCUT2D eigenvalue weighted by Gasteiger charge is 2.47. The van der Waals surface area contributed by atoms with Gasteiger partial charge in [-0.15, -0.1) is 0 Å². The summed E-state index contributed by atoms with van der Waals surface area (Å²) in [4.78, 5) is 24.0. The first-order valence-corrected chi connectivity index (χ1v) is 11.2. The van der Waals surface area contributed by atoms with E-state index in [-0.39, 0.29) is 5.91 Å². The van der Waals surface area contributed by atoms with Crippen molar-refractivity contribution >= 4 is 5.91 Å². The molecule has 8 heteroatoms. The molecule has 3 aromatic rings. The number of nitriles is 1. The van der Waals surface area contributed by atoms with Gasteiger partial charge in [-0.25, -0.2) is 4.98 Å². The van der Waals surface area contributed by atoms with Crippen LogP contribution in [-0.2, 0) is 34.8 Å². The maximum atomic E-state index is 13.0. The highest BCUT2D eigenvalue weighted by atomic mass is 16.5. The summed E-state index contributed by atoms with van der Waals surface area (Å²) in [6.07, 6.45) is 8.13. The third kappa shape index (κ3) is 4.51. The molecular weight excluding hydrogens is 416 g/mol. The van der Waals surface area contributed by atoms with Crippen LogP contribution >= 0.6 is 0 Å². The van der Waals surface area contributed by atoms with Crippen molar-refractivity contribution in [2.24, 2.45) is 0 Å². The Bertz CT molecular complexity index is 1160. The van der Waals surface area contributed by atoms with Gasteiger partial charge in [0, 0.05) is 51.0 Å². The summed E-state index contributed by atoms with van der Waals surface area (Å²) in [5.41, 5.74) is 2.19. The van der Waals surface area contributed by atoms with E-state index in [2.05, 4.69) is 36.9 Å². The number of nitrogens with one attached hydrogen (secondary N) is 1. The van der Waals surface area contributed by atoms with Gasteiger partial charge in [-0.3, -0.25) is 14.7 Å². The molecule has 0 aliphatic carbocycles. The number of piperidine rings is 1. The highest BCUT2D eigenvalue weighted by Crippen LogP contribution is 2.40. The Balaban J connectivity index is 1.26. The first kappa shape index (κ1) is 21.3. The topological polar surface area (TPSA) is 96.1 Å². The van der Waals surface area contributed by atoms with Gasteiger partial charge in [0.2, 0.25) is 0 Å². The maximum absolute atomic E-state index is 13.0. The molecule has 168 valence electrons. The zero-order valence-corrected chi connectivity index (χ0v) is 18.4. The normalized spacial score (nSPS) is 19.5. The Labute approximate surface area is 192 Å². The number of amides is 1. The van der Waals surface area contributed by atoms with E-state index in [1.54, 1.807) is 18.6 Å². The number of likely N-dealkylation sites (tertiary alicyclic amines) is 1. The third-order valence-corrected chi connectivity index (χ3v) is 6.46. The summed E-state index contributed by atoms with van der Waals surface area (Å²) in [6, 6.07) is 13.7. The van der Waals surface area contributed by atoms with Crippen molar-refractivity contribution < 1.29 is 9.53 Å². The average Bonchev–Trinajstić information content (AvgIpc) is 3.35. The predicted molar refractivity (Wildman–Crippen MR) is 121 cm³/mol. The number of benzene rings is 1. The van der Waals surface area contributed by atoms with E-state index in [1.165, 1.54) is 0 Å². The van der Waals surface area contributed by atoms with E-state index in [0.29, 0.717) is 18.7 Å². The van der Waals surface area contributed by atoms with Gasteiger partial charge in [-0.05, 0) is 42.2 Å². The molecule has 33 heavy (non-hydrogen) atoms. The third-order valence-electron chi connectivity index (χ3n) is 6.46. The lowest BCUT2D eigenvalue weighted by Gasteiger charge is -2.45. The summed E-state index contributed by atoms with van der Waals surface area (Å²) in [7, 11) is 0. The summed E-state index contributed by atoms with van der Waals surface area (Å²) in [5, 5.41) is 12.1. The molecule has 2 aromatic heterocycles. The summed E-state index contributed by atoms with van der Waals surface area (Å²) in [5.74, 6) is 0.790. The van der Waals surface area contributed by atoms with Crippen LogP contribution in [0.1, 0.15) is 35.4 Å². The molecule has 1 N–H and O–H groups in total. The quantitative estimate of drug-likeness (QED) is 0.652. The predicted octanol–water partition coefficient (Wildman–Crippen LogP) is 2.36. The molecule has 2 aliphatic heterocycles. The molecule has 8 nitrogen and oxygen atoms in total. The number of hydrogen-bond donors (Lipinski definition) is 1. The summed E-state index contributed by atoms with van der Waals surface area (Å²) < 4.78 is 8.56. The van der Waals surface area contributed by atoms with Crippen molar-refractivity contribution in [1.29, 1.82) is 5.26 Å². The van der Waals surface area contributed by atoms with Gasteiger partial charge < -0.3 is 14.6 Å². The van der Waals surface area contributed by atoms with Crippen LogP contribution in [0.15, 0.2) is 61.2 Å². The van der Waals surface area contributed by atoms with Crippen LogP contribution in [0.4, 0.5) is 0 Å². The van der Waals surface area contributed by atoms with Crippen molar-refractivity contribution in [3.8, 4) is 6.07 Å². The largest absolute Gasteiger partial charge is 0.352 e. The number of carbonyl (C=O) groups is 1. The van der Waals surface area contributed by atoms with Crippen LogP contribution in [0.25, 0.3) is 0 Å². The molecule has 2 aliphatic rings. The average molecular weight is 443 g/mol. The fraction of sp³-hybridized carbons (Fsp3) is 0.360. The van der Waals surface area contributed by atoms with Crippen molar-refractivity contribution in [3.63, 3.8) is 0 Å². The number of imidazole rings is 1. The zero-order chi connectivity index (χ0) is 22.7. The molecule has 0 saturated carbocycles. The molecule has 5 rings (SSSR count). The molecular formula is C25H26N6O2. The molecule has 1 fully saturated rings. The van der Waals surface area contributed by atoms with Gasteiger partial charge in [0.25, 0.3) is 5.91 Å². The van der Waals surface area contributed by atoms with E-state index in [1.807, 2.05) is 36.5 Å². The standard InChI is InChI=1S/C25H26N6O2/c26-14-19-3-1-4-20(13-19)17-30-10-6-25(7-11-30)24-28-9-12-31(24)18-22(33-25)23(32)29-16-21-5-2-8-27-15-21/h1-5,8-9,12-13,15,22H,6-7,10-11,16-18H2,(H,29,32). The Hall–Kier alpha value is -3.54. The monoisotopic (exact) mass is 442 g/mol. The number of carbonyl (C=O) groups excluding carboxylic acids is 1. The van der Waals surface area contributed by atoms with Crippen LogP contribution in [0.3, 0.4) is 0 Å². The van der Waals surface area contributed by atoms with Crippen LogP contribution in [0, 0.1) is 11.3 Å². The second-order valence-corrected chi connectivity index (χ2v) is 8.67. The minimum absolute atomic E-state index is 0.117. The SMILES string of the molecule is N#Cc1cccc(CN2CCC3(CC2)OC(C(=O)NCc2cccnc2)Cn2ccnc23)c1. The molecule has 1 spiro atoms. The number of pyridine rings is 1. The van der Waals surface area contributed by atoms with Gasteiger partial charge >= 0.3 is 0 Å². The maximum Gasteiger partial charge on any atom is 0.251 e. The Kier molecular flexibility index (Phi) is 5.90. The van der Waals surface area contributed by atoms with E-state index in [0.717, 1.165) is 49.4 Å². The Morgan fingerprint density at radius 3 is 2.85 bits per heavy atom. The number of hydrogen-bond acceptors (Lipinski definition) is 6. The van der Waals surface area contributed by atoms with Gasteiger partial charge in [0.05, 0.1) is 18.2 Å². The fourth-order valence-corrected chi connectivity index (χ4v) is 4.75. The van der Waals surface area contributed by atoms with Crippen molar-refractivity contribution in [2.75, 3.05) is 13.1 Å². The molecule has 1 saturated heterocycles. The van der Waals surface area contributed by atoms with Crippen LogP contribution in [0.5, 0.6) is 0 Å². The Morgan fingerprint density at radius 1 is 1.21 bits per heavy atom. The van der Waals surface area contributed by atoms with E-state index in [4.69, 9.17) is 10.00 Å². The van der Waals surface area contributed by atoms with Crippen LogP contribution in [0.2, 0.25) is 0 Å². The van der Waals surface area contributed by atoms with Crippen LogP contribution < -0.4 is 5.32 Å². The lowest BCUT2D eigenvalue weighted by atomic mass is 9.88. The van der Waals surface area contributed by atoms with Crippen molar-refractivity contribution in [3.05, 3.63) is 83.7 Å². The number of ether oxygens (including phenoxy) is 1. The summed E-state index contributed by atoms with van der Waals surface area (Å²) >= 11 is 0. The molecule has 1 aromatic carbocycles. The Morgan fingerprint density at radius 2 is 2.06 bits per heavy atom. The second-order valence-electron chi connectivity index (χ2n) is 8.67. The molecule has 4 heterocycles. The first-order valence-electron chi connectivity index (χ1n) is 11.2. The smallest absolute Gasteiger partial charge is 0.251 e. The van der Waals surface area contributed by atoms with E-state index < -0.39 is 11.7 Å². The van der Waals surface area contributed by atoms with Gasteiger partial charge in [0.15, 0.2) is 6.10 Å². The molecule has 0 radical (unpaired) electrons. The van der Waals surface area contributed by atoms with Crippen molar-refractivity contribution in [2.45, 2.75) is 44.2 Å². The highest BCUT2D eigenvalue weighted by molar-refractivity contribution is 5.80. The van der Waals surface area contributed by atoms with E-state index >= 15 is 0 Å². The second kappa shape index (κ2) is 9.14. The number of nitrogens with zero attached hydrogens (tertiary/aromatic N) is 5. The fourth-order valence-electron chi connectivity index (χ4n) is 4.75. The minimum atomic E-state index is -0.567. The molecule has 1 amide bonds. The summed E-state index contributed by atoms with van der Waals surface area (Å²) in [6.45, 7) is 3.32. The number of rotatable bonds is 5. The lowest BCUT2D eigenvalue weighted by Crippen LogP contribution is -2.53. The van der Waals surface area contributed by atoms with Gasteiger partial charge in [-0.2, -0.15) is 5.26 Å². The lowest BCUT2D eigenvalue weighted by molar-refractivity contribution is -0.174. The van der Waals surface area contributed by atoms with Crippen LogP contribution in [-0.4, -0.2) is 44.5 Å². The first-order chi connectivity index (χ1) is 16.1.